The first-order valence-electron chi connectivity index (χ1n) is 14.3. The number of rotatable bonds is 7. The second-order valence-corrected chi connectivity index (χ2v) is 9.56. The molecule has 7 N–H and O–H groups in total. The Morgan fingerprint density at radius 3 is 1.38 bits per heavy atom. The Labute approximate surface area is 277 Å². The molecular weight excluding hydrogens is 636 g/mol. The highest BCUT2D eigenvalue weighted by Gasteiger charge is 2.15. The molecule has 0 aliphatic rings. The van der Waals surface area contributed by atoms with Crippen LogP contribution in [-0.2, 0) is 22.4 Å². The summed E-state index contributed by atoms with van der Waals surface area (Å²) in [5.74, 6) is -0.784. The lowest BCUT2D eigenvalue weighted by Gasteiger charge is -2.08. The summed E-state index contributed by atoms with van der Waals surface area (Å²) < 4.78 is 33.8. The van der Waals surface area contributed by atoms with Crippen molar-refractivity contribution in [2.45, 2.75) is 40.5 Å². The largest absolute Gasteiger partial charge is 0.762 e. The molecule has 0 aliphatic heterocycles. The third kappa shape index (κ3) is 17.9. The summed E-state index contributed by atoms with van der Waals surface area (Å²) >= 11 is 0. The molecule has 48 heavy (non-hydrogen) atoms. The number of aromatic hydroxyl groups is 6. The van der Waals surface area contributed by atoms with Crippen molar-refractivity contribution in [2.75, 3.05) is 13.2 Å². The van der Waals surface area contributed by atoms with Crippen LogP contribution in [0.5, 0.6) is 34.5 Å². The van der Waals surface area contributed by atoms with Crippen LogP contribution in [0, 0.1) is 13.8 Å². The van der Waals surface area contributed by atoms with Crippen molar-refractivity contribution in [3.63, 3.8) is 0 Å². The monoisotopic (exact) mass is 676 g/mol. The fourth-order valence-corrected chi connectivity index (χ4v) is 3.41. The van der Waals surface area contributed by atoms with Crippen molar-refractivity contribution in [1.82, 2.24) is 0 Å². The Kier molecular flexibility index (Phi) is 20.5. The van der Waals surface area contributed by atoms with Crippen molar-refractivity contribution in [3.05, 3.63) is 107 Å². The van der Waals surface area contributed by atoms with Gasteiger partial charge in [-0.1, -0.05) is 30.3 Å². The van der Waals surface area contributed by atoms with Gasteiger partial charge in [-0.2, -0.15) is 0 Å². The lowest BCUT2D eigenvalue weighted by molar-refractivity contribution is -0.136. The lowest BCUT2D eigenvalue weighted by atomic mass is 10.00. The van der Waals surface area contributed by atoms with E-state index in [1.54, 1.807) is 44.2 Å². The quantitative estimate of drug-likeness (QED) is 0.0804. The Morgan fingerprint density at radius 2 is 1.02 bits per heavy atom. The van der Waals surface area contributed by atoms with Crippen LogP contribution in [0.15, 0.2) is 78.9 Å². The molecule has 260 valence electrons. The van der Waals surface area contributed by atoms with Gasteiger partial charge in [-0.05, 0) is 87.4 Å². The molecule has 0 spiro atoms. The molecule has 0 amide bonds. The SMILES string of the molecule is CCOCC.Cc1c(O)ccc(C(=O)Cc2ccc(O)cc2)c1O.Cc1c(O)cccc1O.FB(F)F.O=C(O)Cc1ccc(O)cc1. The number of carboxylic acids is 1. The van der Waals surface area contributed by atoms with Crippen LogP contribution in [0.4, 0.5) is 12.9 Å². The zero-order valence-electron chi connectivity index (χ0n) is 26.9. The van der Waals surface area contributed by atoms with Gasteiger partial charge in [0.15, 0.2) is 5.78 Å². The van der Waals surface area contributed by atoms with Gasteiger partial charge >= 0.3 is 13.5 Å². The molecule has 0 saturated heterocycles. The molecule has 10 nitrogen and oxygen atoms in total. The van der Waals surface area contributed by atoms with Gasteiger partial charge in [0.2, 0.25) is 0 Å². The van der Waals surface area contributed by atoms with Gasteiger partial charge in [0.05, 0.1) is 12.0 Å². The molecule has 4 aromatic carbocycles. The predicted molar refractivity (Wildman–Crippen MR) is 176 cm³/mol. The zero-order valence-corrected chi connectivity index (χ0v) is 26.9. The number of carboxylic acid groups (broad SMARTS) is 1. The summed E-state index contributed by atoms with van der Waals surface area (Å²) in [6.07, 6.45) is 0.123. The average molecular weight is 676 g/mol. The number of phenols is 6. The fraction of sp³-hybridized carbons (Fsp3) is 0.235. The fourth-order valence-electron chi connectivity index (χ4n) is 3.41. The molecule has 0 fully saturated rings. The molecule has 4 rings (SSSR count). The highest BCUT2D eigenvalue weighted by molar-refractivity contribution is 6.33. The van der Waals surface area contributed by atoms with E-state index in [1.165, 1.54) is 48.5 Å². The Morgan fingerprint density at radius 1 is 0.625 bits per heavy atom. The number of ketones is 1. The van der Waals surface area contributed by atoms with Gasteiger partial charge in [0, 0.05) is 30.8 Å². The zero-order chi connectivity index (χ0) is 36.8. The van der Waals surface area contributed by atoms with Crippen molar-refractivity contribution in [3.8, 4) is 34.5 Å². The summed E-state index contributed by atoms with van der Waals surface area (Å²) in [6, 6.07) is 19.9. The van der Waals surface area contributed by atoms with Gasteiger partial charge in [-0.25, -0.2) is 0 Å². The molecule has 0 heterocycles. The van der Waals surface area contributed by atoms with E-state index in [-0.39, 0.29) is 64.2 Å². The van der Waals surface area contributed by atoms with Crippen LogP contribution in [0.25, 0.3) is 0 Å². The van der Waals surface area contributed by atoms with Crippen molar-refractivity contribution in [2.24, 2.45) is 0 Å². The number of aliphatic carboxylic acids is 1. The van der Waals surface area contributed by atoms with E-state index in [2.05, 4.69) is 0 Å². The predicted octanol–water partition coefficient (Wildman–Crippen LogP) is 6.89. The van der Waals surface area contributed by atoms with Gasteiger partial charge in [0.25, 0.3) is 0 Å². The average Bonchev–Trinajstić information content (AvgIpc) is 3.02. The van der Waals surface area contributed by atoms with Gasteiger partial charge < -0.3 is 40.5 Å². The Balaban J connectivity index is 0.000000648. The van der Waals surface area contributed by atoms with Gasteiger partial charge in [-0.3, -0.25) is 22.5 Å². The number of Topliss-reactive ketones (excluding diaryl/α,β-unsaturated/α-hetero) is 1. The Hall–Kier alpha value is -5.37. The third-order valence-corrected chi connectivity index (χ3v) is 5.98. The maximum Gasteiger partial charge on any atom is 0.762 e. The molecule has 0 atom stereocenters. The second-order valence-electron chi connectivity index (χ2n) is 9.56. The number of hydrogen-bond acceptors (Lipinski definition) is 9. The number of hydrogen-bond donors (Lipinski definition) is 7. The van der Waals surface area contributed by atoms with E-state index < -0.39 is 13.5 Å². The normalized spacial score (nSPS) is 9.48. The highest BCUT2D eigenvalue weighted by atomic mass is 19.4. The maximum absolute atomic E-state index is 12.1. The van der Waals surface area contributed by atoms with E-state index in [0.717, 1.165) is 18.8 Å². The summed E-state index contributed by atoms with van der Waals surface area (Å²) in [4.78, 5) is 22.3. The molecule has 4 aromatic rings. The van der Waals surface area contributed by atoms with E-state index in [9.17, 15) is 32.7 Å². The number of benzene rings is 4. The maximum atomic E-state index is 12.1. The molecule has 14 heteroatoms. The van der Waals surface area contributed by atoms with Gasteiger partial charge in [0.1, 0.15) is 34.5 Å². The number of carbonyl (C=O) groups is 2. The molecule has 0 bridgehead atoms. The van der Waals surface area contributed by atoms with Crippen LogP contribution in [0.1, 0.15) is 46.5 Å². The summed E-state index contributed by atoms with van der Waals surface area (Å²) in [7, 11) is -3.67. The van der Waals surface area contributed by atoms with E-state index in [4.69, 9.17) is 30.3 Å². The van der Waals surface area contributed by atoms with Crippen LogP contribution < -0.4 is 0 Å². The van der Waals surface area contributed by atoms with E-state index >= 15 is 0 Å². The standard InChI is InChI=1S/C15H14O4.C8H8O3.C7H8O2.C4H10O.BF3/c1-9-13(17)7-6-12(15(9)19)14(18)8-10-2-4-11(16)5-3-10;9-7-3-1-6(2-4-7)5-8(10)11;1-5-6(8)3-2-4-7(5)9;1-3-5-4-2;2-1(3)4/h2-7,16-17,19H,8H2,1H3;1-4,9H,5H2,(H,10,11);2-4,8-9H,1H3;3-4H2,1-2H3;. The number of carbonyl (C=O) groups excluding carboxylic acids is 1. The van der Waals surface area contributed by atoms with Crippen LogP contribution in [-0.4, -0.2) is 68.3 Å². The second kappa shape index (κ2) is 23.0. The van der Waals surface area contributed by atoms with Crippen molar-refractivity contribution in [1.29, 1.82) is 0 Å². The molecule has 0 unspecified atom stereocenters. The minimum Gasteiger partial charge on any atom is -0.508 e. The van der Waals surface area contributed by atoms with Crippen molar-refractivity contribution < 1.29 is 63.0 Å². The smallest absolute Gasteiger partial charge is 0.508 e. The lowest BCUT2D eigenvalue weighted by Crippen LogP contribution is -2.04. The minimum absolute atomic E-state index is 0.000278. The topological polar surface area (TPSA) is 185 Å². The Bertz CT molecular complexity index is 1510. The van der Waals surface area contributed by atoms with Crippen LogP contribution in [0.2, 0.25) is 0 Å². The first-order valence-corrected chi connectivity index (χ1v) is 14.3. The van der Waals surface area contributed by atoms with Crippen molar-refractivity contribution >= 4 is 19.3 Å². The molecule has 0 saturated carbocycles. The van der Waals surface area contributed by atoms with E-state index in [0.29, 0.717) is 11.1 Å². The summed E-state index contributed by atoms with van der Waals surface area (Å²) in [6.45, 7) is 8.87. The van der Waals surface area contributed by atoms with Gasteiger partial charge in [-0.15, -0.1) is 0 Å². The first kappa shape index (κ1) is 42.6. The molecule has 0 radical (unpaired) electrons. The summed E-state index contributed by atoms with van der Waals surface area (Å²) in [5.41, 5.74) is 2.43. The number of phenolic OH excluding ortho intramolecular Hbond substituents is 6. The number of ether oxygens (including phenoxy) is 1. The minimum atomic E-state index is -3.67. The van der Waals surface area contributed by atoms with E-state index in [1.807, 2.05) is 13.8 Å². The van der Waals surface area contributed by atoms with Crippen LogP contribution in [0.3, 0.4) is 0 Å². The molecule has 0 aliphatic carbocycles. The molecule has 0 aromatic heterocycles. The number of halogens is 3. The first-order chi connectivity index (χ1) is 22.5. The summed E-state index contributed by atoms with van der Waals surface area (Å²) in [5, 5.41) is 63.5. The molecular formula is C34H40BF3O10. The third-order valence-electron chi connectivity index (χ3n) is 5.98. The highest BCUT2D eigenvalue weighted by Crippen LogP contribution is 2.30. The van der Waals surface area contributed by atoms with Crippen LogP contribution >= 0.6 is 0 Å².